The Balaban J connectivity index is 2.11. The third kappa shape index (κ3) is 4.02. The van der Waals surface area contributed by atoms with Crippen molar-refractivity contribution in [3.05, 3.63) is 82.9 Å². The molecule has 0 amide bonds. The largest absolute Gasteiger partial charge is 0.478 e. The first-order valence-electron chi connectivity index (χ1n) is 8.07. The van der Waals surface area contributed by atoms with Crippen LogP contribution in [0, 0.1) is 23.3 Å². The molecule has 0 atom stereocenters. The second-order valence-electron chi connectivity index (χ2n) is 5.78. The summed E-state index contributed by atoms with van der Waals surface area (Å²) < 4.78 is 66.4. The van der Waals surface area contributed by atoms with Crippen molar-refractivity contribution in [2.75, 3.05) is 0 Å². The minimum Gasteiger partial charge on any atom is -0.478 e. The van der Waals surface area contributed by atoms with Crippen LogP contribution in [-0.4, -0.2) is 22.2 Å². The zero-order valence-corrected chi connectivity index (χ0v) is 14.7. The number of rotatable bonds is 6. The molecule has 6 nitrogen and oxygen atoms in total. The van der Waals surface area contributed by atoms with E-state index in [1.807, 2.05) is 0 Å². The molecule has 3 aromatic rings. The lowest BCUT2D eigenvalue weighted by Gasteiger charge is -2.15. The highest BCUT2D eigenvalue weighted by atomic mass is 19.2. The van der Waals surface area contributed by atoms with Crippen molar-refractivity contribution in [2.24, 2.45) is 0 Å². The van der Waals surface area contributed by atoms with Crippen molar-refractivity contribution in [3.8, 4) is 23.0 Å². The molecule has 0 radical (unpaired) electrons. The van der Waals surface area contributed by atoms with Gasteiger partial charge < -0.3 is 19.7 Å². The fourth-order valence-electron chi connectivity index (χ4n) is 2.39. The summed E-state index contributed by atoms with van der Waals surface area (Å²) in [4.78, 5) is 22.1. The van der Waals surface area contributed by atoms with Gasteiger partial charge in [0.15, 0.2) is 0 Å². The summed E-state index contributed by atoms with van der Waals surface area (Å²) in [6.07, 6.45) is 0. The lowest BCUT2D eigenvalue weighted by Crippen LogP contribution is -2.05. The second-order valence-corrected chi connectivity index (χ2v) is 5.78. The van der Waals surface area contributed by atoms with Crippen LogP contribution in [0.15, 0.2) is 48.5 Å². The van der Waals surface area contributed by atoms with Gasteiger partial charge in [0.05, 0.1) is 11.1 Å². The van der Waals surface area contributed by atoms with Gasteiger partial charge in [0, 0.05) is 0 Å². The average Bonchev–Trinajstić information content (AvgIpc) is 2.73. The molecule has 0 unspecified atom stereocenters. The summed E-state index contributed by atoms with van der Waals surface area (Å²) in [6.45, 7) is 0. The first kappa shape index (κ1) is 20.6. The van der Waals surface area contributed by atoms with Crippen LogP contribution in [0.3, 0.4) is 0 Å². The van der Waals surface area contributed by atoms with E-state index in [1.165, 1.54) is 36.4 Å². The van der Waals surface area contributed by atoms with E-state index in [4.69, 9.17) is 19.7 Å². The SMILES string of the molecule is O=C(O)c1cccc(Oc2c(F)c(F)c(F)c(F)c2Oc2cccc(C(=O)O)c2)c1. The number of hydrogen-bond donors (Lipinski definition) is 2. The molecule has 0 spiro atoms. The van der Waals surface area contributed by atoms with Crippen LogP contribution < -0.4 is 9.47 Å². The van der Waals surface area contributed by atoms with Crippen molar-refractivity contribution in [2.45, 2.75) is 0 Å². The Morgan fingerprint density at radius 3 is 1.33 bits per heavy atom. The molecule has 2 N–H and O–H groups in total. The van der Waals surface area contributed by atoms with Crippen molar-refractivity contribution in [1.82, 2.24) is 0 Å². The molecule has 0 saturated heterocycles. The normalized spacial score (nSPS) is 10.5. The fourth-order valence-corrected chi connectivity index (χ4v) is 2.39. The van der Waals surface area contributed by atoms with Crippen LogP contribution in [0.1, 0.15) is 20.7 Å². The van der Waals surface area contributed by atoms with Crippen LogP contribution >= 0.6 is 0 Å². The van der Waals surface area contributed by atoms with E-state index < -0.39 is 46.7 Å². The highest BCUT2D eigenvalue weighted by Gasteiger charge is 2.29. The maximum Gasteiger partial charge on any atom is 0.335 e. The van der Waals surface area contributed by atoms with Crippen molar-refractivity contribution in [1.29, 1.82) is 0 Å². The highest BCUT2D eigenvalue weighted by molar-refractivity contribution is 5.88. The summed E-state index contributed by atoms with van der Waals surface area (Å²) in [5.74, 6) is -14.0. The van der Waals surface area contributed by atoms with Gasteiger partial charge in [-0.1, -0.05) is 12.1 Å². The van der Waals surface area contributed by atoms with Crippen molar-refractivity contribution >= 4 is 11.9 Å². The van der Waals surface area contributed by atoms with E-state index in [0.29, 0.717) is 0 Å². The van der Waals surface area contributed by atoms with Gasteiger partial charge >= 0.3 is 11.9 Å². The Morgan fingerprint density at radius 1 is 0.633 bits per heavy atom. The average molecular weight is 422 g/mol. The molecule has 0 bridgehead atoms. The number of carboxylic acid groups (broad SMARTS) is 2. The first-order valence-corrected chi connectivity index (χ1v) is 8.07. The number of benzene rings is 3. The second kappa shape index (κ2) is 8.11. The Hall–Kier alpha value is -4.08. The fraction of sp³-hybridized carbons (Fsp3) is 0. The zero-order chi connectivity index (χ0) is 22.0. The van der Waals surface area contributed by atoms with E-state index in [1.54, 1.807) is 0 Å². The lowest BCUT2D eigenvalue weighted by atomic mass is 10.2. The van der Waals surface area contributed by atoms with Crippen LogP contribution in [0.4, 0.5) is 17.6 Å². The molecular formula is C20H10F4O6. The van der Waals surface area contributed by atoms with Crippen LogP contribution in [0.2, 0.25) is 0 Å². The minimum absolute atomic E-state index is 0.271. The predicted octanol–water partition coefficient (Wildman–Crippen LogP) is 5.22. The van der Waals surface area contributed by atoms with Gasteiger partial charge in [-0.2, -0.15) is 8.78 Å². The Labute approximate surface area is 165 Å². The quantitative estimate of drug-likeness (QED) is 0.321. The van der Waals surface area contributed by atoms with Gasteiger partial charge in [0.2, 0.25) is 34.8 Å². The molecule has 0 saturated carbocycles. The molecule has 0 fully saturated rings. The standard InChI is InChI=1S/C20H10F4O6/c21-13-14(22)16(24)18(30-12-6-2-4-10(8-12)20(27)28)17(15(13)23)29-11-5-1-3-9(7-11)19(25)26/h1-8H,(H,25,26)(H,27,28). The summed E-state index contributed by atoms with van der Waals surface area (Å²) >= 11 is 0. The Morgan fingerprint density at radius 2 is 1.00 bits per heavy atom. The molecule has 3 aromatic carbocycles. The third-order valence-electron chi connectivity index (χ3n) is 3.78. The van der Waals surface area contributed by atoms with Gasteiger partial charge in [-0.05, 0) is 36.4 Å². The van der Waals surface area contributed by atoms with Gasteiger partial charge in [-0.25, -0.2) is 18.4 Å². The molecule has 0 aliphatic heterocycles. The van der Waals surface area contributed by atoms with Crippen LogP contribution in [-0.2, 0) is 0 Å². The van der Waals surface area contributed by atoms with Crippen LogP contribution in [0.5, 0.6) is 23.0 Å². The predicted molar refractivity (Wildman–Crippen MR) is 93.2 cm³/mol. The number of carboxylic acids is 2. The van der Waals surface area contributed by atoms with Gasteiger partial charge in [0.25, 0.3) is 0 Å². The van der Waals surface area contributed by atoms with E-state index in [9.17, 15) is 27.2 Å². The van der Waals surface area contributed by atoms with E-state index >= 15 is 0 Å². The minimum atomic E-state index is -2.18. The van der Waals surface area contributed by atoms with E-state index in [0.717, 1.165) is 12.1 Å². The molecule has 0 aliphatic rings. The molecule has 10 heteroatoms. The topological polar surface area (TPSA) is 93.1 Å². The smallest absolute Gasteiger partial charge is 0.335 e. The highest BCUT2D eigenvalue weighted by Crippen LogP contribution is 2.42. The summed E-state index contributed by atoms with van der Waals surface area (Å²) in [5, 5.41) is 18.0. The molecule has 0 aliphatic carbocycles. The summed E-state index contributed by atoms with van der Waals surface area (Å²) in [7, 11) is 0. The van der Waals surface area contributed by atoms with E-state index in [-0.39, 0.29) is 22.6 Å². The van der Waals surface area contributed by atoms with Gasteiger partial charge in [-0.3, -0.25) is 0 Å². The number of hydrogen-bond acceptors (Lipinski definition) is 4. The maximum atomic E-state index is 14.4. The zero-order valence-electron chi connectivity index (χ0n) is 14.7. The summed E-state index contributed by atoms with van der Waals surface area (Å²) in [5.41, 5.74) is -0.541. The molecule has 3 rings (SSSR count). The molecular weight excluding hydrogens is 412 g/mol. The molecule has 0 aromatic heterocycles. The number of carbonyl (C=O) groups is 2. The number of ether oxygens (including phenoxy) is 2. The Kier molecular flexibility index (Phi) is 5.58. The molecule has 0 heterocycles. The van der Waals surface area contributed by atoms with Gasteiger partial charge in [-0.15, -0.1) is 0 Å². The maximum absolute atomic E-state index is 14.4. The van der Waals surface area contributed by atoms with Crippen molar-refractivity contribution < 1.29 is 46.8 Å². The molecule has 30 heavy (non-hydrogen) atoms. The first-order chi connectivity index (χ1) is 14.2. The third-order valence-corrected chi connectivity index (χ3v) is 3.78. The van der Waals surface area contributed by atoms with Crippen molar-refractivity contribution in [3.63, 3.8) is 0 Å². The molecule has 154 valence electrons. The van der Waals surface area contributed by atoms with E-state index in [2.05, 4.69) is 0 Å². The Bertz CT molecular complexity index is 1070. The van der Waals surface area contributed by atoms with Gasteiger partial charge in [0.1, 0.15) is 11.5 Å². The lowest BCUT2D eigenvalue weighted by molar-refractivity contribution is 0.0685. The summed E-state index contributed by atoms with van der Waals surface area (Å²) in [6, 6.07) is 9.04. The van der Waals surface area contributed by atoms with Crippen LogP contribution in [0.25, 0.3) is 0 Å². The monoisotopic (exact) mass is 422 g/mol. The number of aromatic carboxylic acids is 2. The number of halogens is 4.